The second-order valence-electron chi connectivity index (χ2n) is 3.74. The molecule has 2 rings (SSSR count). The molecule has 0 saturated carbocycles. The van der Waals surface area contributed by atoms with Gasteiger partial charge in [0.25, 0.3) is 0 Å². The predicted octanol–water partition coefficient (Wildman–Crippen LogP) is 3.66. The van der Waals surface area contributed by atoms with Crippen LogP contribution >= 0.6 is 23.2 Å². The maximum Gasteiger partial charge on any atom is 0.105 e. The lowest BCUT2D eigenvalue weighted by molar-refractivity contribution is 0.220. The van der Waals surface area contributed by atoms with Crippen molar-refractivity contribution in [2.24, 2.45) is 0 Å². The van der Waals surface area contributed by atoms with Gasteiger partial charge in [0.15, 0.2) is 0 Å². The number of anilines is 1. The van der Waals surface area contributed by atoms with Crippen LogP contribution in [0.4, 0.5) is 5.69 Å². The highest BCUT2D eigenvalue weighted by molar-refractivity contribution is 6.31. The van der Waals surface area contributed by atoms with Crippen molar-refractivity contribution >= 4 is 28.9 Å². The molecule has 88 valence electrons. The summed E-state index contributed by atoms with van der Waals surface area (Å²) in [7, 11) is 0. The fourth-order valence-electron chi connectivity index (χ4n) is 1.59. The summed E-state index contributed by atoms with van der Waals surface area (Å²) < 4.78 is 0. The Hall–Kier alpha value is -1.22. The van der Waals surface area contributed by atoms with Crippen LogP contribution in [-0.4, -0.2) is 5.11 Å². The molecular formula is C13H11Cl2NO. The number of benzene rings is 2. The molecule has 0 fully saturated rings. The van der Waals surface area contributed by atoms with Crippen molar-refractivity contribution < 1.29 is 5.11 Å². The molecule has 0 amide bonds. The van der Waals surface area contributed by atoms with Gasteiger partial charge in [-0.05, 0) is 29.8 Å². The Morgan fingerprint density at radius 2 is 1.65 bits per heavy atom. The van der Waals surface area contributed by atoms with Gasteiger partial charge in [0.05, 0.1) is 0 Å². The normalized spacial score (nSPS) is 12.4. The van der Waals surface area contributed by atoms with E-state index in [0.717, 1.165) is 5.56 Å². The molecule has 0 spiro atoms. The lowest BCUT2D eigenvalue weighted by Gasteiger charge is -2.13. The van der Waals surface area contributed by atoms with E-state index in [1.165, 1.54) is 0 Å². The Morgan fingerprint density at radius 1 is 1.00 bits per heavy atom. The summed E-state index contributed by atoms with van der Waals surface area (Å²) in [5.41, 5.74) is 7.54. The van der Waals surface area contributed by atoms with E-state index >= 15 is 0 Å². The highest BCUT2D eigenvalue weighted by Gasteiger charge is 2.13. The minimum Gasteiger partial charge on any atom is -0.399 e. The van der Waals surface area contributed by atoms with Crippen LogP contribution in [0, 0.1) is 0 Å². The fraction of sp³-hybridized carbons (Fsp3) is 0.0769. The van der Waals surface area contributed by atoms with Crippen LogP contribution in [0.2, 0.25) is 10.0 Å². The zero-order chi connectivity index (χ0) is 12.4. The molecular weight excluding hydrogens is 257 g/mol. The molecule has 0 aliphatic rings. The molecule has 0 aliphatic heterocycles. The Bertz CT molecular complexity index is 525. The summed E-state index contributed by atoms with van der Waals surface area (Å²) in [6.07, 6.45) is -0.777. The second-order valence-corrected chi connectivity index (χ2v) is 4.58. The van der Waals surface area contributed by atoms with E-state index in [0.29, 0.717) is 21.3 Å². The van der Waals surface area contributed by atoms with Crippen LogP contribution in [0.15, 0.2) is 42.5 Å². The molecule has 3 N–H and O–H groups in total. The van der Waals surface area contributed by atoms with Gasteiger partial charge in [-0.25, -0.2) is 0 Å². The van der Waals surface area contributed by atoms with Crippen molar-refractivity contribution in [1.82, 2.24) is 0 Å². The molecule has 0 aromatic heterocycles. The highest BCUT2D eigenvalue weighted by atomic mass is 35.5. The number of nitrogen functional groups attached to an aromatic ring is 1. The minimum atomic E-state index is -0.777. The van der Waals surface area contributed by atoms with Gasteiger partial charge in [-0.3, -0.25) is 0 Å². The van der Waals surface area contributed by atoms with Gasteiger partial charge in [-0.1, -0.05) is 41.4 Å². The standard InChI is InChI=1S/C13H11Cl2NO/c14-9-3-1-8(2-4-9)13(17)11-6-5-10(16)7-12(11)15/h1-7,13,17H,16H2/t13-/m0/s1. The number of aliphatic hydroxyl groups excluding tert-OH is 1. The molecule has 0 radical (unpaired) electrons. The Balaban J connectivity index is 2.36. The van der Waals surface area contributed by atoms with Crippen molar-refractivity contribution in [2.75, 3.05) is 5.73 Å². The maximum atomic E-state index is 10.2. The zero-order valence-electron chi connectivity index (χ0n) is 8.90. The number of rotatable bonds is 2. The third-order valence-electron chi connectivity index (χ3n) is 2.50. The summed E-state index contributed by atoms with van der Waals surface area (Å²) >= 11 is 11.8. The topological polar surface area (TPSA) is 46.2 Å². The summed E-state index contributed by atoms with van der Waals surface area (Å²) in [4.78, 5) is 0. The predicted molar refractivity (Wildman–Crippen MR) is 71.4 cm³/mol. The SMILES string of the molecule is Nc1ccc([C@@H](O)c2ccc(Cl)cc2)c(Cl)c1. The van der Waals surface area contributed by atoms with E-state index in [1.807, 2.05) is 0 Å². The summed E-state index contributed by atoms with van der Waals surface area (Å²) in [5, 5.41) is 11.3. The van der Waals surface area contributed by atoms with Crippen molar-refractivity contribution in [2.45, 2.75) is 6.10 Å². The van der Waals surface area contributed by atoms with E-state index in [1.54, 1.807) is 42.5 Å². The van der Waals surface area contributed by atoms with Crippen LogP contribution in [0.3, 0.4) is 0 Å². The zero-order valence-corrected chi connectivity index (χ0v) is 10.4. The second kappa shape index (κ2) is 4.96. The van der Waals surface area contributed by atoms with Crippen LogP contribution < -0.4 is 5.73 Å². The quantitative estimate of drug-likeness (QED) is 0.816. The van der Waals surface area contributed by atoms with Crippen LogP contribution in [0.5, 0.6) is 0 Å². The first-order valence-electron chi connectivity index (χ1n) is 5.06. The Kier molecular flexibility index (Phi) is 3.57. The average Bonchev–Trinajstić information content (AvgIpc) is 2.29. The fourth-order valence-corrected chi connectivity index (χ4v) is 2.01. The van der Waals surface area contributed by atoms with Crippen molar-refractivity contribution in [3.63, 3.8) is 0 Å². The molecule has 0 unspecified atom stereocenters. The number of aliphatic hydroxyl groups is 1. The first kappa shape index (κ1) is 12.2. The van der Waals surface area contributed by atoms with Crippen molar-refractivity contribution in [3.05, 3.63) is 63.6 Å². The molecule has 1 atom stereocenters. The van der Waals surface area contributed by atoms with E-state index in [2.05, 4.69) is 0 Å². The van der Waals surface area contributed by atoms with E-state index < -0.39 is 6.10 Å². The van der Waals surface area contributed by atoms with Crippen LogP contribution in [-0.2, 0) is 0 Å². The number of nitrogens with two attached hydrogens (primary N) is 1. The number of halogens is 2. The Labute approximate surface area is 110 Å². The molecule has 4 heteroatoms. The number of hydrogen-bond acceptors (Lipinski definition) is 2. The largest absolute Gasteiger partial charge is 0.399 e. The molecule has 0 bridgehead atoms. The third-order valence-corrected chi connectivity index (χ3v) is 3.08. The minimum absolute atomic E-state index is 0.451. The van der Waals surface area contributed by atoms with E-state index in [4.69, 9.17) is 28.9 Å². The summed E-state index contributed by atoms with van der Waals surface area (Å²) in [6.45, 7) is 0. The average molecular weight is 268 g/mol. The van der Waals surface area contributed by atoms with Gasteiger partial charge in [-0.15, -0.1) is 0 Å². The monoisotopic (exact) mass is 267 g/mol. The maximum absolute atomic E-state index is 10.2. The van der Waals surface area contributed by atoms with Crippen molar-refractivity contribution in [1.29, 1.82) is 0 Å². The van der Waals surface area contributed by atoms with Gasteiger partial charge >= 0.3 is 0 Å². The highest BCUT2D eigenvalue weighted by Crippen LogP contribution is 2.30. The van der Waals surface area contributed by atoms with E-state index in [9.17, 15) is 5.11 Å². The van der Waals surface area contributed by atoms with Gasteiger partial charge in [0, 0.05) is 21.3 Å². The summed E-state index contributed by atoms with van der Waals surface area (Å²) in [6, 6.07) is 12.0. The molecule has 2 nitrogen and oxygen atoms in total. The van der Waals surface area contributed by atoms with Crippen molar-refractivity contribution in [3.8, 4) is 0 Å². The van der Waals surface area contributed by atoms with Gasteiger partial charge in [-0.2, -0.15) is 0 Å². The third kappa shape index (κ3) is 2.72. The first-order chi connectivity index (χ1) is 8.08. The smallest absolute Gasteiger partial charge is 0.105 e. The lowest BCUT2D eigenvalue weighted by atomic mass is 10.0. The molecule has 0 heterocycles. The van der Waals surface area contributed by atoms with Crippen LogP contribution in [0.25, 0.3) is 0 Å². The molecule has 0 saturated heterocycles. The molecule has 0 aliphatic carbocycles. The van der Waals surface area contributed by atoms with Gasteiger partial charge < -0.3 is 10.8 Å². The molecule has 2 aromatic rings. The molecule has 2 aromatic carbocycles. The lowest BCUT2D eigenvalue weighted by Crippen LogP contribution is -2.00. The van der Waals surface area contributed by atoms with Crippen LogP contribution in [0.1, 0.15) is 17.2 Å². The summed E-state index contributed by atoms with van der Waals surface area (Å²) in [5.74, 6) is 0. The van der Waals surface area contributed by atoms with Gasteiger partial charge in [0.2, 0.25) is 0 Å². The first-order valence-corrected chi connectivity index (χ1v) is 5.82. The Morgan fingerprint density at radius 3 is 2.24 bits per heavy atom. The molecule has 17 heavy (non-hydrogen) atoms. The van der Waals surface area contributed by atoms with Gasteiger partial charge in [0.1, 0.15) is 6.10 Å². The van der Waals surface area contributed by atoms with E-state index in [-0.39, 0.29) is 0 Å². The number of hydrogen-bond donors (Lipinski definition) is 2.